The molecule has 1 amide bonds. The summed E-state index contributed by atoms with van der Waals surface area (Å²) in [6.07, 6.45) is 5.25. The summed E-state index contributed by atoms with van der Waals surface area (Å²) in [6.45, 7) is 2.06. The first-order valence-corrected chi connectivity index (χ1v) is 9.38. The van der Waals surface area contributed by atoms with Gasteiger partial charge in [0.15, 0.2) is 0 Å². The van der Waals surface area contributed by atoms with Gasteiger partial charge in [-0.05, 0) is 49.8 Å². The highest BCUT2D eigenvalue weighted by Crippen LogP contribution is 2.39. The largest absolute Gasteiger partial charge is 0.468 e. The minimum atomic E-state index is -0.333. The molecule has 1 aromatic carbocycles. The number of halogens is 1. The third-order valence-electron chi connectivity index (χ3n) is 5.77. The van der Waals surface area contributed by atoms with Crippen LogP contribution in [-0.4, -0.2) is 42.5 Å². The van der Waals surface area contributed by atoms with Crippen molar-refractivity contribution in [2.75, 3.05) is 13.7 Å². The van der Waals surface area contributed by atoms with Gasteiger partial charge in [-0.3, -0.25) is 14.5 Å². The van der Waals surface area contributed by atoms with E-state index >= 15 is 0 Å². The van der Waals surface area contributed by atoms with Gasteiger partial charge >= 0.3 is 5.97 Å². The van der Waals surface area contributed by atoms with Gasteiger partial charge in [-0.1, -0.05) is 25.0 Å². The Morgan fingerprint density at radius 2 is 1.96 bits per heavy atom. The lowest BCUT2D eigenvalue weighted by Crippen LogP contribution is -2.48. The molecule has 0 bridgehead atoms. The molecule has 2 fully saturated rings. The molecule has 2 aliphatic rings. The second kappa shape index (κ2) is 8.16. The summed E-state index contributed by atoms with van der Waals surface area (Å²) in [5.41, 5.74) is 0.848. The van der Waals surface area contributed by atoms with Crippen molar-refractivity contribution >= 4 is 11.9 Å². The number of nitrogens with one attached hydrogen (secondary N) is 1. The van der Waals surface area contributed by atoms with E-state index in [9.17, 15) is 14.0 Å². The van der Waals surface area contributed by atoms with Crippen LogP contribution in [-0.2, 0) is 14.3 Å². The van der Waals surface area contributed by atoms with Crippen molar-refractivity contribution in [3.05, 3.63) is 35.6 Å². The van der Waals surface area contributed by atoms with Gasteiger partial charge < -0.3 is 10.1 Å². The Bertz CT molecular complexity index is 649. The number of benzene rings is 1. The highest BCUT2D eigenvalue weighted by atomic mass is 19.1. The van der Waals surface area contributed by atoms with E-state index in [1.807, 2.05) is 11.8 Å². The number of ether oxygens (including phenoxy) is 1. The number of hydrogen-bond acceptors (Lipinski definition) is 4. The van der Waals surface area contributed by atoms with Crippen LogP contribution in [0.5, 0.6) is 0 Å². The molecular formula is C20H27FN2O3. The normalized spacial score (nSPS) is 26.8. The monoisotopic (exact) mass is 362 g/mol. The summed E-state index contributed by atoms with van der Waals surface area (Å²) in [7, 11) is 1.40. The van der Waals surface area contributed by atoms with Crippen molar-refractivity contribution in [3.63, 3.8) is 0 Å². The van der Waals surface area contributed by atoms with Crippen molar-refractivity contribution < 1.29 is 18.7 Å². The van der Waals surface area contributed by atoms with Gasteiger partial charge in [0.1, 0.15) is 11.9 Å². The SMILES string of the molecule is COC(=O)C1CC2CCCCC2N1CC(=O)NC(C)c1ccc(F)cc1. The molecule has 1 aliphatic heterocycles. The lowest BCUT2D eigenvalue weighted by molar-refractivity contribution is -0.146. The highest BCUT2D eigenvalue weighted by molar-refractivity contribution is 5.81. The Morgan fingerprint density at radius 3 is 2.65 bits per heavy atom. The average molecular weight is 362 g/mol. The molecule has 4 unspecified atom stereocenters. The fraction of sp³-hybridized carbons (Fsp3) is 0.600. The maximum atomic E-state index is 13.1. The lowest BCUT2D eigenvalue weighted by atomic mass is 9.85. The van der Waals surface area contributed by atoms with E-state index in [0.717, 1.165) is 31.2 Å². The summed E-state index contributed by atoms with van der Waals surface area (Å²) < 4.78 is 18.0. The summed E-state index contributed by atoms with van der Waals surface area (Å²) in [6, 6.07) is 5.84. The summed E-state index contributed by atoms with van der Waals surface area (Å²) in [5.74, 6) is -0.204. The summed E-state index contributed by atoms with van der Waals surface area (Å²) in [4.78, 5) is 26.8. The van der Waals surface area contributed by atoms with Gasteiger partial charge in [0.25, 0.3) is 0 Å². The molecule has 0 spiro atoms. The molecule has 1 heterocycles. The van der Waals surface area contributed by atoms with E-state index in [1.54, 1.807) is 12.1 Å². The van der Waals surface area contributed by atoms with Crippen LogP contribution in [0.15, 0.2) is 24.3 Å². The van der Waals surface area contributed by atoms with E-state index in [-0.39, 0.29) is 42.4 Å². The second-order valence-electron chi connectivity index (χ2n) is 7.40. The highest BCUT2D eigenvalue weighted by Gasteiger charge is 2.46. The van der Waals surface area contributed by atoms with E-state index < -0.39 is 0 Å². The molecule has 4 atom stereocenters. The number of hydrogen-bond donors (Lipinski definition) is 1. The molecule has 1 aliphatic carbocycles. The predicted octanol–water partition coefficient (Wildman–Crippen LogP) is 2.81. The Hall–Kier alpha value is -1.95. The Labute approximate surface area is 153 Å². The Kier molecular flexibility index (Phi) is 5.91. The van der Waals surface area contributed by atoms with Crippen LogP contribution >= 0.6 is 0 Å². The van der Waals surface area contributed by atoms with Gasteiger partial charge in [-0.25, -0.2) is 4.39 Å². The van der Waals surface area contributed by atoms with Crippen molar-refractivity contribution in [1.29, 1.82) is 0 Å². The van der Waals surface area contributed by atoms with Gasteiger partial charge in [0.2, 0.25) is 5.91 Å². The maximum Gasteiger partial charge on any atom is 0.323 e. The first-order chi connectivity index (χ1) is 12.5. The van der Waals surface area contributed by atoms with Crippen LogP contribution in [0.1, 0.15) is 50.6 Å². The topological polar surface area (TPSA) is 58.6 Å². The number of methoxy groups -OCH3 is 1. The molecule has 1 saturated heterocycles. The van der Waals surface area contributed by atoms with Gasteiger partial charge in [0.05, 0.1) is 19.7 Å². The van der Waals surface area contributed by atoms with Crippen LogP contribution in [0, 0.1) is 11.7 Å². The van der Waals surface area contributed by atoms with Crippen LogP contribution in [0.2, 0.25) is 0 Å². The molecule has 0 radical (unpaired) electrons. The van der Waals surface area contributed by atoms with Crippen LogP contribution in [0.25, 0.3) is 0 Å². The molecule has 6 heteroatoms. The first kappa shape index (κ1) is 18.8. The third-order valence-corrected chi connectivity index (χ3v) is 5.77. The molecule has 1 saturated carbocycles. The molecule has 26 heavy (non-hydrogen) atoms. The van der Waals surface area contributed by atoms with Crippen molar-refractivity contribution in [2.45, 2.75) is 57.2 Å². The zero-order chi connectivity index (χ0) is 18.7. The number of esters is 1. The molecule has 0 aromatic heterocycles. The van der Waals surface area contributed by atoms with Crippen LogP contribution in [0.3, 0.4) is 0 Å². The van der Waals surface area contributed by atoms with Gasteiger partial charge in [-0.15, -0.1) is 0 Å². The zero-order valence-corrected chi connectivity index (χ0v) is 15.4. The van der Waals surface area contributed by atoms with Crippen molar-refractivity contribution in [3.8, 4) is 0 Å². The quantitative estimate of drug-likeness (QED) is 0.819. The second-order valence-corrected chi connectivity index (χ2v) is 7.40. The molecule has 3 rings (SSSR count). The summed E-state index contributed by atoms with van der Waals surface area (Å²) in [5, 5.41) is 2.96. The fourth-order valence-electron chi connectivity index (χ4n) is 4.44. The number of likely N-dealkylation sites (tertiary alicyclic amines) is 1. The smallest absolute Gasteiger partial charge is 0.323 e. The standard InChI is InChI=1S/C20H27FN2O3/c1-13(14-7-9-16(21)10-8-14)22-19(24)12-23-17-6-4-3-5-15(17)11-18(23)20(25)26-2/h7-10,13,15,17-18H,3-6,11-12H2,1-2H3,(H,22,24). The van der Waals surface area contributed by atoms with E-state index in [4.69, 9.17) is 4.74 Å². The third kappa shape index (κ3) is 4.06. The molecule has 1 N–H and O–H groups in total. The Morgan fingerprint density at radius 1 is 1.27 bits per heavy atom. The molecule has 5 nitrogen and oxygen atoms in total. The minimum Gasteiger partial charge on any atom is -0.468 e. The zero-order valence-electron chi connectivity index (χ0n) is 15.4. The molecule has 142 valence electrons. The number of amides is 1. The fourth-order valence-corrected chi connectivity index (χ4v) is 4.44. The van der Waals surface area contributed by atoms with E-state index in [2.05, 4.69) is 5.32 Å². The van der Waals surface area contributed by atoms with E-state index in [0.29, 0.717) is 5.92 Å². The van der Waals surface area contributed by atoms with Gasteiger partial charge in [0, 0.05) is 6.04 Å². The minimum absolute atomic E-state index is 0.123. The average Bonchev–Trinajstić information content (AvgIpc) is 3.00. The predicted molar refractivity (Wildman–Crippen MR) is 95.8 cm³/mol. The first-order valence-electron chi connectivity index (χ1n) is 9.38. The summed E-state index contributed by atoms with van der Waals surface area (Å²) >= 11 is 0. The molecule has 1 aromatic rings. The number of carbonyl (C=O) groups is 2. The van der Waals surface area contributed by atoms with Gasteiger partial charge in [-0.2, -0.15) is 0 Å². The molecular weight excluding hydrogens is 335 g/mol. The number of fused-ring (bicyclic) bond motifs is 1. The number of rotatable bonds is 5. The number of carbonyl (C=O) groups excluding carboxylic acids is 2. The van der Waals surface area contributed by atoms with Crippen molar-refractivity contribution in [1.82, 2.24) is 10.2 Å². The van der Waals surface area contributed by atoms with Crippen LogP contribution < -0.4 is 5.32 Å². The maximum absolute atomic E-state index is 13.1. The number of nitrogens with zero attached hydrogens (tertiary/aromatic N) is 1. The van der Waals surface area contributed by atoms with Crippen LogP contribution in [0.4, 0.5) is 4.39 Å². The lowest BCUT2D eigenvalue weighted by Gasteiger charge is -2.33. The Balaban J connectivity index is 1.65. The van der Waals surface area contributed by atoms with Crippen molar-refractivity contribution in [2.24, 2.45) is 5.92 Å². The van der Waals surface area contributed by atoms with E-state index in [1.165, 1.54) is 25.7 Å².